The molecule has 2 nitrogen and oxygen atoms in total. The van der Waals surface area contributed by atoms with Crippen molar-refractivity contribution in [2.24, 2.45) is 0 Å². The smallest absolute Gasteiger partial charge is 0.0620 e. The van der Waals surface area contributed by atoms with E-state index >= 15 is 0 Å². The molecule has 0 bridgehead atoms. The van der Waals surface area contributed by atoms with Crippen LogP contribution in [0.3, 0.4) is 0 Å². The van der Waals surface area contributed by atoms with Crippen LogP contribution in [0.25, 0.3) is 103 Å². The van der Waals surface area contributed by atoms with Crippen LogP contribution in [0.4, 0.5) is 17.1 Å². The van der Waals surface area contributed by atoms with Gasteiger partial charge in [-0.05, 0) is 111 Å². The molecule has 0 atom stereocenters. The molecule has 0 fully saturated rings. The lowest BCUT2D eigenvalue weighted by Crippen LogP contribution is -2.09. The second kappa shape index (κ2) is 14.3. The second-order valence-electron chi connectivity index (χ2n) is 16.5. The van der Waals surface area contributed by atoms with E-state index in [2.05, 4.69) is 240 Å². The lowest BCUT2D eigenvalue weighted by Gasteiger charge is -2.26. The third-order valence-corrected chi connectivity index (χ3v) is 14.1. The molecular formula is C60H38N2S. The number of rotatable bonds is 7. The Morgan fingerprint density at radius 1 is 0.270 bits per heavy atom. The van der Waals surface area contributed by atoms with Crippen LogP contribution in [0.15, 0.2) is 231 Å². The van der Waals surface area contributed by atoms with Crippen LogP contribution in [-0.4, -0.2) is 4.40 Å². The van der Waals surface area contributed by atoms with Crippen molar-refractivity contribution in [1.82, 2.24) is 4.40 Å². The Bertz CT molecular complexity index is 3800. The van der Waals surface area contributed by atoms with Crippen molar-refractivity contribution in [2.45, 2.75) is 0 Å². The van der Waals surface area contributed by atoms with E-state index in [1.165, 1.54) is 103 Å². The summed E-state index contributed by atoms with van der Waals surface area (Å²) in [6, 6.07) is 84.5. The van der Waals surface area contributed by atoms with Gasteiger partial charge in [-0.15, -0.1) is 11.3 Å². The van der Waals surface area contributed by atoms with Gasteiger partial charge in [-0.3, -0.25) is 0 Å². The number of anilines is 3. The molecule has 13 rings (SSSR count). The minimum absolute atomic E-state index is 1.10. The van der Waals surface area contributed by atoms with Gasteiger partial charge in [0.05, 0.1) is 16.6 Å². The molecule has 0 aliphatic rings. The van der Waals surface area contributed by atoms with Gasteiger partial charge in [-0.25, -0.2) is 0 Å². The standard InChI is InChI=1S/C60H38N2S/c1-2-9-39(10-3-1)40-17-19-41(20-18-40)42-21-29-47(30-22-42)61(49-33-25-44(26-34-49)46-27-35-52-51-12-5-7-16-58(51)63-59(52)38-46)48-31-23-43(24-32-48)45-28-36-57-55(37-45)54-14-8-13-53-50-11-4-6-15-56(50)62(57)60(53)54/h1-38H. The monoisotopic (exact) mass is 818 g/mol. The van der Waals surface area contributed by atoms with E-state index in [1.54, 1.807) is 0 Å². The Balaban J connectivity index is 0.865. The lowest BCUT2D eigenvalue weighted by atomic mass is 9.99. The minimum atomic E-state index is 1.10. The van der Waals surface area contributed by atoms with E-state index in [4.69, 9.17) is 0 Å². The summed E-state index contributed by atoms with van der Waals surface area (Å²) in [7, 11) is 0. The molecular weight excluding hydrogens is 781 g/mol. The van der Waals surface area contributed by atoms with Gasteiger partial charge in [0.15, 0.2) is 0 Å². The zero-order valence-electron chi connectivity index (χ0n) is 34.2. The minimum Gasteiger partial charge on any atom is -0.311 e. The Morgan fingerprint density at radius 3 is 1.35 bits per heavy atom. The molecule has 0 radical (unpaired) electrons. The second-order valence-corrected chi connectivity index (χ2v) is 17.6. The molecule has 0 amide bonds. The van der Waals surface area contributed by atoms with E-state index in [9.17, 15) is 0 Å². The van der Waals surface area contributed by atoms with E-state index in [-0.39, 0.29) is 0 Å². The summed E-state index contributed by atoms with van der Waals surface area (Å²) in [5.74, 6) is 0. The van der Waals surface area contributed by atoms with Gasteiger partial charge in [0, 0.05) is 58.8 Å². The van der Waals surface area contributed by atoms with Crippen molar-refractivity contribution in [3.8, 4) is 44.5 Å². The van der Waals surface area contributed by atoms with Gasteiger partial charge in [0.25, 0.3) is 0 Å². The Morgan fingerprint density at radius 2 is 0.698 bits per heavy atom. The summed E-state index contributed by atoms with van der Waals surface area (Å²) in [5, 5.41) is 7.84. The molecule has 10 aromatic carbocycles. The Labute approximate surface area is 369 Å². The highest BCUT2D eigenvalue weighted by atomic mass is 32.1. The molecule has 0 saturated carbocycles. The molecule has 0 saturated heterocycles. The number of para-hydroxylation sites is 2. The first-order chi connectivity index (χ1) is 31.2. The van der Waals surface area contributed by atoms with Gasteiger partial charge in [0.1, 0.15) is 0 Å². The van der Waals surface area contributed by atoms with Crippen molar-refractivity contribution in [3.63, 3.8) is 0 Å². The Hall–Kier alpha value is -7.98. The van der Waals surface area contributed by atoms with Gasteiger partial charge in [-0.1, -0.05) is 164 Å². The predicted octanol–water partition coefficient (Wildman–Crippen LogP) is 17.3. The number of hydrogen-bond donors (Lipinski definition) is 0. The predicted molar refractivity (Wildman–Crippen MR) is 270 cm³/mol. The fourth-order valence-corrected chi connectivity index (χ4v) is 11.0. The fourth-order valence-electron chi connectivity index (χ4n) is 9.86. The maximum Gasteiger partial charge on any atom is 0.0620 e. The van der Waals surface area contributed by atoms with Crippen molar-refractivity contribution in [3.05, 3.63) is 231 Å². The van der Waals surface area contributed by atoms with Gasteiger partial charge in [-0.2, -0.15) is 0 Å². The quantitative estimate of drug-likeness (QED) is 0.155. The third kappa shape index (κ3) is 5.85. The van der Waals surface area contributed by atoms with Crippen LogP contribution >= 0.6 is 11.3 Å². The number of nitrogens with zero attached hydrogens (tertiary/aromatic N) is 2. The van der Waals surface area contributed by atoms with Crippen LogP contribution in [0.1, 0.15) is 0 Å². The molecule has 63 heavy (non-hydrogen) atoms. The molecule has 3 heterocycles. The molecule has 294 valence electrons. The number of hydrogen-bond acceptors (Lipinski definition) is 2. The van der Waals surface area contributed by atoms with Crippen LogP contribution in [0.5, 0.6) is 0 Å². The zero-order chi connectivity index (χ0) is 41.4. The van der Waals surface area contributed by atoms with Crippen LogP contribution in [0, 0.1) is 0 Å². The fraction of sp³-hybridized carbons (Fsp3) is 0. The summed E-state index contributed by atoms with van der Waals surface area (Å²) >= 11 is 1.86. The van der Waals surface area contributed by atoms with E-state index in [0.29, 0.717) is 0 Å². The maximum absolute atomic E-state index is 2.44. The van der Waals surface area contributed by atoms with Gasteiger partial charge in [0.2, 0.25) is 0 Å². The highest BCUT2D eigenvalue weighted by molar-refractivity contribution is 7.25. The third-order valence-electron chi connectivity index (χ3n) is 13.0. The first-order valence-electron chi connectivity index (χ1n) is 21.6. The van der Waals surface area contributed by atoms with E-state index in [1.807, 2.05) is 11.3 Å². The van der Waals surface area contributed by atoms with Gasteiger partial charge < -0.3 is 9.30 Å². The van der Waals surface area contributed by atoms with Crippen molar-refractivity contribution < 1.29 is 0 Å². The van der Waals surface area contributed by atoms with Crippen LogP contribution < -0.4 is 4.90 Å². The summed E-state index contributed by atoms with van der Waals surface area (Å²) in [5.41, 5.74) is 16.8. The number of fused-ring (bicyclic) bond motifs is 9. The van der Waals surface area contributed by atoms with Crippen molar-refractivity contribution in [2.75, 3.05) is 4.90 Å². The Kier molecular flexibility index (Phi) is 8.12. The lowest BCUT2D eigenvalue weighted by molar-refractivity contribution is 1.28. The molecule has 3 aromatic heterocycles. The number of thiophene rings is 1. The SMILES string of the molecule is c1ccc(-c2ccc(-c3ccc(N(c4ccc(-c5ccc6c(c5)sc5ccccc56)cc4)c4ccc(-c5ccc6c(c5)c5cccc7c8ccccc8n6c75)cc4)cc3)cc2)cc1. The van der Waals surface area contributed by atoms with E-state index < -0.39 is 0 Å². The zero-order valence-corrected chi connectivity index (χ0v) is 35.1. The summed E-state index contributed by atoms with van der Waals surface area (Å²) in [6.07, 6.45) is 0. The molecule has 0 aliphatic heterocycles. The largest absolute Gasteiger partial charge is 0.311 e. The first-order valence-corrected chi connectivity index (χ1v) is 22.4. The van der Waals surface area contributed by atoms with Crippen LogP contribution in [0.2, 0.25) is 0 Å². The van der Waals surface area contributed by atoms with Crippen LogP contribution in [-0.2, 0) is 0 Å². The average Bonchev–Trinajstić information content (AvgIpc) is 4.02. The van der Waals surface area contributed by atoms with Gasteiger partial charge >= 0.3 is 0 Å². The molecule has 0 unspecified atom stereocenters. The summed E-state index contributed by atoms with van der Waals surface area (Å²) < 4.78 is 5.09. The molecule has 0 spiro atoms. The van der Waals surface area contributed by atoms with Crippen molar-refractivity contribution in [1.29, 1.82) is 0 Å². The topological polar surface area (TPSA) is 7.65 Å². The normalized spacial score (nSPS) is 11.8. The number of aromatic nitrogens is 1. The van der Waals surface area contributed by atoms with Crippen molar-refractivity contribution >= 4 is 86.7 Å². The molecule has 13 aromatic rings. The summed E-state index contributed by atoms with van der Waals surface area (Å²) in [6.45, 7) is 0. The highest BCUT2D eigenvalue weighted by Crippen LogP contribution is 2.42. The first kappa shape index (κ1) is 35.7. The molecule has 3 heteroatoms. The molecule has 0 aliphatic carbocycles. The summed E-state index contributed by atoms with van der Waals surface area (Å²) in [4.78, 5) is 2.37. The molecule has 0 N–H and O–H groups in total. The number of benzene rings is 10. The maximum atomic E-state index is 2.44. The van der Waals surface area contributed by atoms with E-state index in [0.717, 1.165) is 17.1 Å². The average molecular weight is 819 g/mol. The highest BCUT2D eigenvalue weighted by Gasteiger charge is 2.18.